The molecule has 0 aliphatic carbocycles. The minimum atomic E-state index is -0.562. The third-order valence-electron chi connectivity index (χ3n) is 1.84. The number of nitrogens with zero attached hydrogens (tertiary/aromatic N) is 1. The van der Waals surface area contributed by atoms with E-state index in [1.807, 2.05) is 6.92 Å². The zero-order valence-corrected chi connectivity index (χ0v) is 9.42. The Bertz CT molecular complexity index is 418. The first-order valence-corrected chi connectivity index (χ1v) is 5.02. The Morgan fingerprint density at radius 2 is 2.24 bits per heavy atom. The van der Waals surface area contributed by atoms with Crippen LogP contribution >= 0.6 is 0 Å². The second-order valence-electron chi connectivity index (χ2n) is 3.14. The van der Waals surface area contributed by atoms with Gasteiger partial charge in [-0.1, -0.05) is 5.16 Å². The van der Waals surface area contributed by atoms with Crippen molar-refractivity contribution in [1.82, 2.24) is 0 Å². The molecule has 0 heterocycles. The summed E-state index contributed by atoms with van der Waals surface area (Å²) < 4.78 is 10.5. The maximum Gasteiger partial charge on any atom is 0.255 e. The maximum atomic E-state index is 10.6. The van der Waals surface area contributed by atoms with Gasteiger partial charge >= 0.3 is 0 Å². The standard InChI is InChI=1S/C11H14N2O4/c1-2-16-10-5-8(6-13-15)3-4-9(10)17-7-11(12)14/h3-6,15H,2,7H2,1H3,(H2,12,14)/b13-6-. The van der Waals surface area contributed by atoms with Crippen molar-refractivity contribution in [1.29, 1.82) is 0 Å². The summed E-state index contributed by atoms with van der Waals surface area (Å²) in [6, 6.07) is 4.92. The molecule has 1 rings (SSSR count). The molecular formula is C11H14N2O4. The number of carbonyl (C=O) groups excluding carboxylic acids is 1. The quantitative estimate of drug-likeness (QED) is 0.434. The predicted octanol–water partition coefficient (Wildman–Crippen LogP) is 0.758. The molecule has 0 aliphatic rings. The molecule has 1 amide bonds. The molecule has 1 aromatic rings. The van der Waals surface area contributed by atoms with Gasteiger partial charge in [0.15, 0.2) is 18.1 Å². The number of amides is 1. The average Bonchev–Trinajstić information content (AvgIpc) is 2.28. The van der Waals surface area contributed by atoms with Crippen LogP contribution in [0.4, 0.5) is 0 Å². The first-order chi connectivity index (χ1) is 8.17. The lowest BCUT2D eigenvalue weighted by molar-refractivity contribution is -0.119. The molecule has 0 unspecified atom stereocenters. The van der Waals surface area contributed by atoms with E-state index < -0.39 is 5.91 Å². The Kier molecular flexibility index (Phi) is 4.80. The molecule has 6 heteroatoms. The molecule has 0 aromatic heterocycles. The number of rotatable bonds is 6. The third-order valence-corrected chi connectivity index (χ3v) is 1.84. The van der Waals surface area contributed by atoms with Crippen LogP contribution in [0.5, 0.6) is 11.5 Å². The molecule has 1 aromatic carbocycles. The highest BCUT2D eigenvalue weighted by atomic mass is 16.5. The Labute approximate surface area is 98.6 Å². The normalized spacial score (nSPS) is 10.4. The summed E-state index contributed by atoms with van der Waals surface area (Å²) in [4.78, 5) is 10.6. The number of ether oxygens (including phenoxy) is 2. The number of benzene rings is 1. The number of hydrogen-bond acceptors (Lipinski definition) is 5. The van der Waals surface area contributed by atoms with Crippen LogP contribution in [0, 0.1) is 0 Å². The third kappa shape index (κ3) is 4.02. The highest BCUT2D eigenvalue weighted by molar-refractivity contribution is 5.80. The minimum Gasteiger partial charge on any atom is -0.490 e. The van der Waals surface area contributed by atoms with Gasteiger partial charge in [-0.05, 0) is 25.1 Å². The summed E-state index contributed by atoms with van der Waals surface area (Å²) in [5.41, 5.74) is 5.64. The van der Waals surface area contributed by atoms with Gasteiger partial charge in [0.2, 0.25) is 0 Å². The van der Waals surface area contributed by atoms with Crippen molar-refractivity contribution in [3.63, 3.8) is 0 Å². The summed E-state index contributed by atoms with van der Waals surface area (Å²) in [6.45, 7) is 2.06. The van der Waals surface area contributed by atoms with Crippen LogP contribution in [-0.4, -0.2) is 30.5 Å². The first kappa shape index (κ1) is 12.8. The average molecular weight is 238 g/mol. The first-order valence-electron chi connectivity index (χ1n) is 5.02. The van der Waals surface area contributed by atoms with Gasteiger partial charge in [0.1, 0.15) is 0 Å². The van der Waals surface area contributed by atoms with Crippen molar-refractivity contribution in [2.75, 3.05) is 13.2 Å². The molecule has 0 spiro atoms. The highest BCUT2D eigenvalue weighted by Gasteiger charge is 2.07. The van der Waals surface area contributed by atoms with Gasteiger partial charge in [-0.25, -0.2) is 0 Å². The van der Waals surface area contributed by atoms with Gasteiger partial charge in [0.25, 0.3) is 5.91 Å². The lowest BCUT2D eigenvalue weighted by Crippen LogP contribution is -2.20. The molecule has 0 radical (unpaired) electrons. The van der Waals surface area contributed by atoms with E-state index >= 15 is 0 Å². The molecule has 0 atom stereocenters. The lowest BCUT2D eigenvalue weighted by atomic mass is 10.2. The maximum absolute atomic E-state index is 10.6. The van der Waals surface area contributed by atoms with Crippen molar-refractivity contribution < 1.29 is 19.5 Å². The number of oxime groups is 1. The van der Waals surface area contributed by atoms with Crippen LogP contribution < -0.4 is 15.2 Å². The van der Waals surface area contributed by atoms with Crippen LogP contribution in [0.2, 0.25) is 0 Å². The summed E-state index contributed by atoms with van der Waals surface area (Å²) >= 11 is 0. The van der Waals surface area contributed by atoms with Crippen molar-refractivity contribution in [3.05, 3.63) is 23.8 Å². The molecule has 0 aliphatic heterocycles. The van der Waals surface area contributed by atoms with E-state index in [0.29, 0.717) is 23.7 Å². The van der Waals surface area contributed by atoms with E-state index in [2.05, 4.69) is 5.16 Å². The summed E-state index contributed by atoms with van der Waals surface area (Å²) in [5.74, 6) is 0.320. The molecule has 0 fully saturated rings. The van der Waals surface area contributed by atoms with E-state index in [4.69, 9.17) is 20.4 Å². The van der Waals surface area contributed by atoms with Gasteiger partial charge in [0, 0.05) is 5.56 Å². The van der Waals surface area contributed by atoms with Crippen molar-refractivity contribution >= 4 is 12.1 Å². The molecule has 92 valence electrons. The molecule has 3 N–H and O–H groups in total. The van der Waals surface area contributed by atoms with Crippen molar-refractivity contribution in [3.8, 4) is 11.5 Å². The Hall–Kier alpha value is -2.24. The Morgan fingerprint density at radius 1 is 1.47 bits per heavy atom. The fourth-order valence-electron chi connectivity index (χ4n) is 1.21. The van der Waals surface area contributed by atoms with Gasteiger partial charge in [-0.2, -0.15) is 0 Å². The highest BCUT2D eigenvalue weighted by Crippen LogP contribution is 2.27. The minimum absolute atomic E-state index is 0.215. The molecule has 17 heavy (non-hydrogen) atoms. The monoisotopic (exact) mass is 238 g/mol. The number of nitrogens with two attached hydrogens (primary N) is 1. The summed E-state index contributed by atoms with van der Waals surface area (Å²) in [5, 5.41) is 11.3. The second kappa shape index (κ2) is 6.37. The molecule has 6 nitrogen and oxygen atoms in total. The van der Waals surface area contributed by atoms with Crippen molar-refractivity contribution in [2.45, 2.75) is 6.92 Å². The van der Waals surface area contributed by atoms with Crippen LogP contribution in [-0.2, 0) is 4.79 Å². The van der Waals surface area contributed by atoms with Crippen molar-refractivity contribution in [2.24, 2.45) is 10.9 Å². The van der Waals surface area contributed by atoms with E-state index in [9.17, 15) is 4.79 Å². The van der Waals surface area contributed by atoms with Crippen LogP contribution in [0.15, 0.2) is 23.4 Å². The van der Waals surface area contributed by atoms with E-state index in [-0.39, 0.29) is 6.61 Å². The molecule has 0 bridgehead atoms. The molecule has 0 saturated heterocycles. The Balaban J connectivity index is 2.90. The Morgan fingerprint density at radius 3 is 2.82 bits per heavy atom. The molecular weight excluding hydrogens is 224 g/mol. The van der Waals surface area contributed by atoms with E-state index in [0.717, 1.165) is 0 Å². The second-order valence-corrected chi connectivity index (χ2v) is 3.14. The van der Waals surface area contributed by atoms with Crippen LogP contribution in [0.3, 0.4) is 0 Å². The van der Waals surface area contributed by atoms with E-state index in [1.54, 1.807) is 18.2 Å². The summed E-state index contributed by atoms with van der Waals surface area (Å²) in [7, 11) is 0. The summed E-state index contributed by atoms with van der Waals surface area (Å²) in [6.07, 6.45) is 1.26. The van der Waals surface area contributed by atoms with E-state index in [1.165, 1.54) is 6.21 Å². The topological polar surface area (TPSA) is 94.1 Å². The van der Waals surface area contributed by atoms with Gasteiger partial charge < -0.3 is 20.4 Å². The fraction of sp³-hybridized carbons (Fsp3) is 0.273. The van der Waals surface area contributed by atoms with Gasteiger partial charge in [-0.15, -0.1) is 0 Å². The van der Waals surface area contributed by atoms with Gasteiger partial charge in [0.05, 0.1) is 12.8 Å². The number of primary amides is 1. The zero-order chi connectivity index (χ0) is 12.7. The van der Waals surface area contributed by atoms with Crippen LogP contribution in [0.1, 0.15) is 12.5 Å². The van der Waals surface area contributed by atoms with Crippen LogP contribution in [0.25, 0.3) is 0 Å². The zero-order valence-electron chi connectivity index (χ0n) is 9.42. The SMILES string of the molecule is CCOc1cc(/C=N\O)ccc1OCC(N)=O. The largest absolute Gasteiger partial charge is 0.490 e. The predicted molar refractivity (Wildman–Crippen MR) is 61.7 cm³/mol. The smallest absolute Gasteiger partial charge is 0.255 e. The fourth-order valence-corrected chi connectivity index (χ4v) is 1.21. The van der Waals surface area contributed by atoms with Gasteiger partial charge in [-0.3, -0.25) is 4.79 Å². The molecule has 0 saturated carbocycles. The lowest BCUT2D eigenvalue weighted by Gasteiger charge is -2.11. The number of carbonyl (C=O) groups is 1. The number of hydrogen-bond donors (Lipinski definition) is 2.